The van der Waals surface area contributed by atoms with E-state index in [0.717, 1.165) is 24.1 Å². The molecule has 2 rings (SSSR count). The molecule has 1 aliphatic rings. The summed E-state index contributed by atoms with van der Waals surface area (Å²) in [5, 5.41) is 12.3. The lowest BCUT2D eigenvalue weighted by Gasteiger charge is -2.26. The van der Waals surface area contributed by atoms with Crippen molar-refractivity contribution in [2.45, 2.75) is 57.9 Å². The van der Waals surface area contributed by atoms with Gasteiger partial charge < -0.3 is 10.4 Å². The van der Waals surface area contributed by atoms with Crippen LogP contribution in [0.5, 0.6) is 0 Å². The van der Waals surface area contributed by atoms with Crippen molar-refractivity contribution in [3.05, 3.63) is 21.4 Å². The molecular weight excluding hydrogens is 258 g/mol. The third-order valence-corrected chi connectivity index (χ3v) is 5.25. The number of carbonyl (C=O) groups excluding carboxylic acids is 1. The average Bonchev–Trinajstić information content (AvgIpc) is 2.70. The van der Waals surface area contributed by atoms with Gasteiger partial charge in [0.05, 0.1) is 17.0 Å². The van der Waals surface area contributed by atoms with Gasteiger partial charge in [-0.15, -0.1) is 11.3 Å². The zero-order valence-electron chi connectivity index (χ0n) is 11.8. The highest BCUT2D eigenvalue weighted by molar-refractivity contribution is 7.14. The van der Waals surface area contributed by atoms with Gasteiger partial charge in [-0.2, -0.15) is 0 Å². The number of thiophene rings is 1. The van der Waals surface area contributed by atoms with E-state index in [9.17, 15) is 9.90 Å². The third-order valence-electron chi connectivity index (χ3n) is 4.01. The zero-order valence-corrected chi connectivity index (χ0v) is 12.6. The summed E-state index contributed by atoms with van der Waals surface area (Å²) in [5.74, 6) is -0.0449. The molecule has 0 saturated heterocycles. The number of hydrogen-bond acceptors (Lipinski definition) is 3. The van der Waals surface area contributed by atoms with Crippen molar-refractivity contribution in [1.82, 2.24) is 5.32 Å². The minimum atomic E-state index is -0.515. The fourth-order valence-electron chi connectivity index (χ4n) is 2.35. The number of nitrogens with one attached hydrogen (secondary N) is 1. The molecule has 1 aliphatic carbocycles. The smallest absolute Gasteiger partial charge is 0.261 e. The molecule has 0 aliphatic heterocycles. The summed E-state index contributed by atoms with van der Waals surface area (Å²) in [7, 11) is 0. The highest BCUT2D eigenvalue weighted by atomic mass is 32.1. The largest absolute Gasteiger partial charge is 0.394 e. The van der Waals surface area contributed by atoms with Gasteiger partial charge in [0.15, 0.2) is 0 Å². The van der Waals surface area contributed by atoms with Gasteiger partial charge in [-0.3, -0.25) is 4.79 Å². The summed E-state index contributed by atoms with van der Waals surface area (Å²) in [6.07, 6.45) is 6.69. The van der Waals surface area contributed by atoms with Crippen LogP contribution >= 0.6 is 11.3 Å². The van der Waals surface area contributed by atoms with Gasteiger partial charge in [0.1, 0.15) is 0 Å². The predicted molar refractivity (Wildman–Crippen MR) is 78.8 cm³/mol. The number of amides is 1. The summed E-state index contributed by atoms with van der Waals surface area (Å²) in [6.45, 7) is 3.82. The van der Waals surface area contributed by atoms with Gasteiger partial charge in [-0.1, -0.05) is 13.3 Å². The number of carbonyl (C=O) groups is 1. The van der Waals surface area contributed by atoms with Crippen LogP contribution in [0, 0.1) is 0 Å². The molecule has 0 aromatic carbocycles. The van der Waals surface area contributed by atoms with Crippen LogP contribution in [0.15, 0.2) is 6.07 Å². The Kier molecular flexibility index (Phi) is 4.63. The SMILES string of the molecule is CCC(C)(CO)NC(=O)c1cc2c(s1)CCCCC2. The van der Waals surface area contributed by atoms with Gasteiger partial charge in [0.2, 0.25) is 0 Å². The van der Waals surface area contributed by atoms with Crippen LogP contribution < -0.4 is 5.32 Å². The molecule has 1 aromatic rings. The third kappa shape index (κ3) is 3.37. The van der Waals surface area contributed by atoms with Crippen molar-refractivity contribution in [2.75, 3.05) is 6.61 Å². The van der Waals surface area contributed by atoms with Crippen LogP contribution in [-0.2, 0) is 12.8 Å². The summed E-state index contributed by atoms with van der Waals surface area (Å²) in [4.78, 5) is 14.4. The predicted octanol–water partition coefficient (Wildman–Crippen LogP) is 2.91. The van der Waals surface area contributed by atoms with E-state index in [1.807, 2.05) is 19.9 Å². The van der Waals surface area contributed by atoms with Gasteiger partial charge >= 0.3 is 0 Å². The molecular formula is C15H23NO2S. The van der Waals surface area contributed by atoms with Crippen molar-refractivity contribution < 1.29 is 9.90 Å². The number of rotatable bonds is 4. The average molecular weight is 281 g/mol. The number of fused-ring (bicyclic) bond motifs is 1. The first-order chi connectivity index (χ1) is 9.08. The van der Waals surface area contributed by atoms with Crippen LogP contribution in [0.3, 0.4) is 0 Å². The number of aliphatic hydroxyl groups is 1. The molecule has 0 fully saturated rings. The van der Waals surface area contributed by atoms with Crippen LogP contribution in [0.1, 0.15) is 59.6 Å². The Hall–Kier alpha value is -0.870. The Bertz CT molecular complexity index is 425. The Balaban J connectivity index is 2.12. The standard InChI is InChI=1S/C15H23NO2S/c1-3-15(2,10-17)16-14(18)13-9-11-7-5-4-6-8-12(11)19-13/h9,17H,3-8,10H2,1-2H3,(H,16,18). The lowest BCUT2D eigenvalue weighted by molar-refractivity contribution is 0.0851. The van der Waals surface area contributed by atoms with E-state index in [1.165, 1.54) is 29.7 Å². The first kappa shape index (κ1) is 14.5. The van der Waals surface area contributed by atoms with E-state index in [1.54, 1.807) is 11.3 Å². The molecule has 2 N–H and O–H groups in total. The maximum Gasteiger partial charge on any atom is 0.261 e. The second-order valence-electron chi connectivity index (χ2n) is 5.65. The van der Waals surface area contributed by atoms with E-state index >= 15 is 0 Å². The monoisotopic (exact) mass is 281 g/mol. The Labute approximate surface area is 119 Å². The molecule has 106 valence electrons. The second-order valence-corrected chi connectivity index (χ2v) is 6.78. The molecule has 0 saturated carbocycles. The molecule has 19 heavy (non-hydrogen) atoms. The van der Waals surface area contributed by atoms with Gasteiger partial charge in [0, 0.05) is 4.88 Å². The van der Waals surface area contributed by atoms with Crippen LogP contribution in [0.2, 0.25) is 0 Å². The molecule has 3 nitrogen and oxygen atoms in total. The molecule has 1 unspecified atom stereocenters. The van der Waals surface area contributed by atoms with Crippen molar-refractivity contribution in [3.63, 3.8) is 0 Å². The van der Waals surface area contributed by atoms with Crippen molar-refractivity contribution in [3.8, 4) is 0 Å². The number of aliphatic hydroxyl groups excluding tert-OH is 1. The van der Waals surface area contributed by atoms with Gasteiger partial charge in [-0.25, -0.2) is 0 Å². The summed E-state index contributed by atoms with van der Waals surface area (Å²) < 4.78 is 0. The molecule has 0 radical (unpaired) electrons. The summed E-state index contributed by atoms with van der Waals surface area (Å²) in [5.41, 5.74) is 0.841. The maximum absolute atomic E-state index is 12.3. The zero-order chi connectivity index (χ0) is 13.9. The fourth-order valence-corrected chi connectivity index (χ4v) is 3.50. The van der Waals surface area contributed by atoms with E-state index in [0.29, 0.717) is 0 Å². The highest BCUT2D eigenvalue weighted by Gasteiger charge is 2.25. The molecule has 1 atom stereocenters. The van der Waals surface area contributed by atoms with Gasteiger partial charge in [-0.05, 0) is 50.7 Å². The lowest BCUT2D eigenvalue weighted by atomic mass is 10.0. The minimum Gasteiger partial charge on any atom is -0.394 e. The fraction of sp³-hybridized carbons (Fsp3) is 0.667. The molecule has 1 aromatic heterocycles. The van der Waals surface area contributed by atoms with E-state index in [4.69, 9.17) is 0 Å². The quantitative estimate of drug-likeness (QED) is 0.834. The van der Waals surface area contributed by atoms with E-state index < -0.39 is 5.54 Å². The Morgan fingerprint density at radius 2 is 2.16 bits per heavy atom. The lowest BCUT2D eigenvalue weighted by Crippen LogP contribution is -2.48. The molecule has 0 spiro atoms. The van der Waals surface area contributed by atoms with E-state index in [-0.39, 0.29) is 12.5 Å². The first-order valence-electron chi connectivity index (χ1n) is 7.13. The molecule has 4 heteroatoms. The molecule has 1 amide bonds. The maximum atomic E-state index is 12.3. The first-order valence-corrected chi connectivity index (χ1v) is 7.94. The number of aryl methyl sites for hydroxylation is 2. The van der Waals surface area contributed by atoms with Crippen molar-refractivity contribution >= 4 is 17.2 Å². The van der Waals surface area contributed by atoms with Crippen LogP contribution in [0.4, 0.5) is 0 Å². The number of hydrogen-bond donors (Lipinski definition) is 2. The second kappa shape index (κ2) is 6.06. The Morgan fingerprint density at radius 1 is 1.42 bits per heavy atom. The topological polar surface area (TPSA) is 49.3 Å². The molecule has 0 bridgehead atoms. The van der Waals surface area contributed by atoms with Crippen molar-refractivity contribution in [1.29, 1.82) is 0 Å². The van der Waals surface area contributed by atoms with E-state index in [2.05, 4.69) is 5.32 Å². The normalized spacial score (nSPS) is 18.3. The van der Waals surface area contributed by atoms with Gasteiger partial charge in [0.25, 0.3) is 5.91 Å². The molecule has 1 heterocycles. The highest BCUT2D eigenvalue weighted by Crippen LogP contribution is 2.29. The minimum absolute atomic E-state index is 0.0275. The van der Waals surface area contributed by atoms with Crippen LogP contribution in [-0.4, -0.2) is 23.2 Å². The summed E-state index contributed by atoms with van der Waals surface area (Å²) >= 11 is 1.62. The van der Waals surface area contributed by atoms with Crippen LogP contribution in [0.25, 0.3) is 0 Å². The Morgan fingerprint density at radius 3 is 2.84 bits per heavy atom. The summed E-state index contributed by atoms with van der Waals surface area (Å²) in [6, 6.07) is 2.05. The van der Waals surface area contributed by atoms with Crippen molar-refractivity contribution in [2.24, 2.45) is 0 Å².